The number of benzene rings is 10. The van der Waals surface area contributed by atoms with Crippen LogP contribution in [0.5, 0.6) is 0 Å². The van der Waals surface area contributed by atoms with Crippen LogP contribution in [0.15, 0.2) is 303 Å². The highest BCUT2D eigenvalue weighted by Crippen LogP contribution is 2.40. The van der Waals surface area contributed by atoms with Crippen molar-refractivity contribution in [2.24, 2.45) is 0 Å². The van der Waals surface area contributed by atoms with Gasteiger partial charge in [-0.15, -0.1) is 0 Å². The number of carbonyl (C=O) groups excluding carboxylic acids is 7. The molecule has 10 aromatic carbocycles. The average Bonchev–Trinajstić information content (AvgIpc) is 0.757. The van der Waals surface area contributed by atoms with E-state index < -0.39 is 147 Å². The molecule has 3 heterocycles. The first-order valence-corrected chi connectivity index (χ1v) is 36.0. The van der Waals surface area contributed by atoms with Gasteiger partial charge in [0.1, 0.15) is 55.9 Å². The van der Waals surface area contributed by atoms with Crippen LogP contribution < -0.4 is 0 Å². The zero-order chi connectivity index (χ0) is 76.7. The van der Waals surface area contributed by atoms with Gasteiger partial charge in [0.25, 0.3) is 0 Å². The molecule has 0 aromatic heterocycles. The van der Waals surface area contributed by atoms with Gasteiger partial charge < -0.3 is 76.2 Å². The highest BCUT2D eigenvalue weighted by atomic mass is 16.8. The van der Waals surface area contributed by atoms with Crippen molar-refractivity contribution in [3.05, 3.63) is 359 Å². The van der Waals surface area contributed by atoms with Crippen LogP contribution in [0.4, 0.5) is 0 Å². The van der Waals surface area contributed by atoms with Gasteiger partial charge in [0, 0.05) is 0 Å². The quantitative estimate of drug-likeness (QED) is 0.0323. The minimum absolute atomic E-state index is 0.0105. The van der Waals surface area contributed by atoms with Crippen LogP contribution in [0.1, 0.15) is 89.2 Å². The van der Waals surface area contributed by atoms with Gasteiger partial charge in [-0.1, -0.05) is 218 Å². The largest absolute Gasteiger partial charge is 0.459 e. The molecule has 0 saturated carbocycles. The van der Waals surface area contributed by atoms with Crippen molar-refractivity contribution in [2.45, 2.75) is 112 Å². The summed E-state index contributed by atoms with van der Waals surface area (Å²) in [6, 6.07) is 82.0. The molecule has 0 spiro atoms. The maximum Gasteiger partial charge on any atom is 0.338 e. The molecular formula is C88H78O23. The smallest absolute Gasteiger partial charge is 0.338 e. The first-order chi connectivity index (χ1) is 54.4. The molecule has 3 fully saturated rings. The SMILES string of the molecule is O=C(OC[C@H]1O[C@@H](O[C@H]2[C@H](OC(=O)c3ccccc3)[C@@H](OC(=O)c3ccccc3)[C@H](O[C@H]3[C@H](OCc4ccccc4)[C@@H](OCc4ccccc4)[C@@H](O)O[C@@H]3COCc3ccccc3)O[C@@H]2COC(=O)c2ccccc2)[C@H](OC(=O)c2ccccc2)[C@H](OC(=O)c2ccccc2)[C@H]1OC(=O)c1ccccc1)c1ccccc1. The molecule has 0 radical (unpaired) electrons. The van der Waals surface area contributed by atoms with E-state index >= 15 is 14.4 Å². The van der Waals surface area contributed by atoms with Crippen molar-refractivity contribution in [1.29, 1.82) is 0 Å². The van der Waals surface area contributed by atoms with Crippen LogP contribution in [0.3, 0.4) is 0 Å². The molecule has 23 heteroatoms. The van der Waals surface area contributed by atoms with Crippen molar-refractivity contribution in [3.63, 3.8) is 0 Å². The molecule has 3 aliphatic heterocycles. The maximum atomic E-state index is 15.4. The summed E-state index contributed by atoms with van der Waals surface area (Å²) in [5, 5.41) is 12.3. The zero-order valence-electron chi connectivity index (χ0n) is 59.7. The van der Waals surface area contributed by atoms with Crippen molar-refractivity contribution in [3.8, 4) is 0 Å². The number of aliphatic hydroxyl groups excluding tert-OH is 1. The molecule has 568 valence electrons. The molecule has 3 saturated heterocycles. The summed E-state index contributed by atoms with van der Waals surface area (Å²) in [5.41, 5.74) is 2.23. The van der Waals surface area contributed by atoms with E-state index in [4.69, 9.17) is 71.1 Å². The fraction of sp³-hybridized carbons (Fsp3) is 0.239. The minimum atomic E-state index is -2.20. The van der Waals surface area contributed by atoms with Gasteiger partial charge in [0.2, 0.25) is 0 Å². The van der Waals surface area contributed by atoms with E-state index in [-0.39, 0.29) is 65.4 Å². The molecule has 0 amide bonds. The minimum Gasteiger partial charge on any atom is -0.459 e. The van der Waals surface area contributed by atoms with Crippen molar-refractivity contribution in [1.82, 2.24) is 0 Å². The summed E-state index contributed by atoms with van der Waals surface area (Å²) in [4.78, 5) is 104. The predicted octanol–water partition coefficient (Wildman–Crippen LogP) is 12.2. The van der Waals surface area contributed by atoms with Gasteiger partial charge in [-0.05, 0) is 102 Å². The molecule has 13 rings (SSSR count). The van der Waals surface area contributed by atoms with Gasteiger partial charge in [-0.25, -0.2) is 33.6 Å². The summed E-state index contributed by atoms with van der Waals surface area (Å²) in [5.74, 6) is -6.98. The number of esters is 7. The molecule has 0 aliphatic carbocycles. The summed E-state index contributed by atoms with van der Waals surface area (Å²) in [6.07, 6.45) is -27.3. The van der Waals surface area contributed by atoms with E-state index in [1.54, 1.807) is 127 Å². The van der Waals surface area contributed by atoms with Gasteiger partial charge in [-0.2, -0.15) is 0 Å². The highest BCUT2D eigenvalue weighted by molar-refractivity contribution is 5.93. The summed E-state index contributed by atoms with van der Waals surface area (Å²) in [7, 11) is 0. The van der Waals surface area contributed by atoms with Crippen LogP contribution in [-0.4, -0.2) is 159 Å². The third-order valence-corrected chi connectivity index (χ3v) is 18.4. The van der Waals surface area contributed by atoms with Crippen molar-refractivity contribution < 1.29 is 110 Å². The van der Waals surface area contributed by atoms with Gasteiger partial charge in [0.15, 0.2) is 49.4 Å². The normalized spacial score (nSPS) is 23.5. The Hall–Kier alpha value is -11.9. The number of ether oxygens (including phenoxy) is 15. The molecule has 0 unspecified atom stereocenters. The van der Waals surface area contributed by atoms with E-state index in [0.29, 0.717) is 11.1 Å². The second kappa shape index (κ2) is 38.5. The topological polar surface area (TPSA) is 278 Å². The van der Waals surface area contributed by atoms with Crippen LogP contribution in [0, 0.1) is 0 Å². The van der Waals surface area contributed by atoms with Gasteiger partial charge >= 0.3 is 41.8 Å². The lowest BCUT2D eigenvalue weighted by Gasteiger charge is -2.50. The lowest BCUT2D eigenvalue weighted by molar-refractivity contribution is -0.380. The molecule has 3 aliphatic rings. The summed E-state index contributed by atoms with van der Waals surface area (Å²) in [6.45, 7) is -2.12. The Kier molecular flexibility index (Phi) is 26.8. The Balaban J connectivity index is 0.984. The number of aliphatic hydroxyl groups is 1. The monoisotopic (exact) mass is 1500 g/mol. The van der Waals surface area contributed by atoms with E-state index in [1.807, 2.05) is 91.0 Å². The van der Waals surface area contributed by atoms with Crippen LogP contribution in [-0.2, 0) is 90.9 Å². The molecule has 15 atom stereocenters. The second-order valence-corrected chi connectivity index (χ2v) is 26.0. The first kappa shape index (κ1) is 77.3. The lowest BCUT2D eigenvalue weighted by Crippen LogP contribution is -2.68. The number of carbonyl (C=O) groups is 7. The van der Waals surface area contributed by atoms with Crippen LogP contribution in [0.25, 0.3) is 0 Å². The highest BCUT2D eigenvalue weighted by Gasteiger charge is 2.60. The zero-order valence-corrected chi connectivity index (χ0v) is 59.7. The maximum absolute atomic E-state index is 15.4. The second-order valence-electron chi connectivity index (χ2n) is 26.0. The first-order valence-electron chi connectivity index (χ1n) is 36.0. The number of hydrogen-bond acceptors (Lipinski definition) is 23. The van der Waals surface area contributed by atoms with E-state index in [2.05, 4.69) is 0 Å². The Bertz CT molecular complexity index is 4620. The Labute approximate surface area is 639 Å². The Morgan fingerprint density at radius 3 is 0.847 bits per heavy atom. The molecule has 10 aromatic rings. The van der Waals surface area contributed by atoms with Crippen LogP contribution in [0.2, 0.25) is 0 Å². The van der Waals surface area contributed by atoms with Crippen molar-refractivity contribution >= 4 is 41.8 Å². The fourth-order valence-electron chi connectivity index (χ4n) is 12.8. The summed E-state index contributed by atoms with van der Waals surface area (Å²) >= 11 is 0. The Morgan fingerprint density at radius 2 is 0.505 bits per heavy atom. The standard InChI is InChI=1S/C88H78O23/c89-79(60-37-17-4-18-38-60)100-55-68-71(105-81(91)62-41-21-6-22-42-62)74(106-82(92)63-43-23-7-24-44-63)77(108-84(94)65-47-27-9-28-48-65)88(103-68)111-72-69(56-101-80(90)61-39-19-5-20-40-61)104-87(78(109-85(95)66-49-29-10-30-50-66)75(72)107-83(93)64-45-25-8-26-46-64)110-70-67(54-97-51-57-31-11-1-12-32-57)102-86(96)76(99-53-59-35-15-3-16-36-59)73(70)98-52-58-33-13-2-14-34-58/h1-50,67-78,86-88,96H,51-56H2/t67-,68-,69-,70-,71+,72-,73+,74-,75+,76-,77-,78-,86+,87+,88+/m1/s1. The van der Waals surface area contributed by atoms with E-state index in [0.717, 1.165) is 5.56 Å². The average molecular weight is 1500 g/mol. The predicted molar refractivity (Wildman–Crippen MR) is 396 cm³/mol. The summed E-state index contributed by atoms with van der Waals surface area (Å²) < 4.78 is 100. The van der Waals surface area contributed by atoms with E-state index in [9.17, 15) is 24.3 Å². The Morgan fingerprint density at radius 1 is 0.252 bits per heavy atom. The molecule has 111 heavy (non-hydrogen) atoms. The molecule has 23 nitrogen and oxygen atoms in total. The van der Waals surface area contributed by atoms with E-state index in [1.165, 1.54) is 84.9 Å². The fourth-order valence-corrected chi connectivity index (χ4v) is 12.8. The van der Waals surface area contributed by atoms with Crippen LogP contribution >= 0.6 is 0 Å². The number of rotatable bonds is 30. The molecule has 1 N–H and O–H groups in total. The van der Waals surface area contributed by atoms with Gasteiger partial charge in [0.05, 0.1) is 65.4 Å². The molecule has 0 bridgehead atoms. The number of hydrogen-bond donors (Lipinski definition) is 1. The lowest BCUT2D eigenvalue weighted by atomic mass is 9.94. The van der Waals surface area contributed by atoms with Crippen molar-refractivity contribution in [2.75, 3.05) is 19.8 Å². The van der Waals surface area contributed by atoms with Gasteiger partial charge in [-0.3, -0.25) is 0 Å². The third kappa shape index (κ3) is 20.5. The third-order valence-electron chi connectivity index (χ3n) is 18.4. The molecular weight excluding hydrogens is 1420 g/mol.